The minimum absolute atomic E-state index is 0.0180. The Morgan fingerprint density at radius 2 is 1.86 bits per heavy atom. The molecule has 5 rings (SSSR count). The molecule has 0 aliphatic carbocycles. The number of anilines is 1. The fourth-order valence-electron chi connectivity index (χ4n) is 3.29. The van der Waals surface area contributed by atoms with Crippen molar-refractivity contribution >= 4 is 35.7 Å². The van der Waals surface area contributed by atoms with Gasteiger partial charge in [0, 0.05) is 6.54 Å². The topological polar surface area (TPSA) is 165 Å². The molecular weight excluding hydrogens is 475 g/mol. The van der Waals surface area contributed by atoms with E-state index in [1.165, 1.54) is 11.2 Å². The van der Waals surface area contributed by atoms with Crippen molar-refractivity contribution in [1.82, 2.24) is 34.7 Å². The smallest absolute Gasteiger partial charge is 0.353 e. The molecule has 0 saturated heterocycles. The number of nitrogen functional groups attached to an aromatic ring is 1. The fraction of sp³-hybridized carbons (Fsp3) is 0.190. The van der Waals surface area contributed by atoms with Crippen molar-refractivity contribution in [3.05, 3.63) is 66.5 Å². The van der Waals surface area contributed by atoms with E-state index < -0.39 is 13.9 Å². The van der Waals surface area contributed by atoms with Crippen LogP contribution in [0.1, 0.15) is 5.56 Å². The number of hydrogen-bond donors (Lipinski definition) is 2. The van der Waals surface area contributed by atoms with Gasteiger partial charge in [0.2, 0.25) is 5.95 Å². The van der Waals surface area contributed by atoms with E-state index in [4.69, 9.17) is 19.8 Å². The highest BCUT2D eigenvalue weighted by molar-refractivity contribution is 7.52. The molecule has 3 aromatic heterocycles. The van der Waals surface area contributed by atoms with E-state index in [0.717, 1.165) is 5.56 Å². The molecule has 180 valence electrons. The molecule has 3 N–H and O–H groups in total. The van der Waals surface area contributed by atoms with Crippen molar-refractivity contribution in [2.45, 2.75) is 13.2 Å². The van der Waals surface area contributed by atoms with E-state index in [1.54, 1.807) is 16.7 Å². The van der Waals surface area contributed by atoms with Gasteiger partial charge in [-0.05, 0) is 22.9 Å². The average molecular weight is 496 g/mol. The first-order valence-electron chi connectivity index (χ1n) is 10.5. The number of benzene rings is 2. The number of para-hydroxylation sites is 1. The molecule has 0 aliphatic heterocycles. The summed E-state index contributed by atoms with van der Waals surface area (Å²) in [4.78, 5) is 29.7. The first-order valence-corrected chi connectivity index (χ1v) is 12.3. The van der Waals surface area contributed by atoms with Gasteiger partial charge in [0.05, 0.1) is 19.5 Å². The fourth-order valence-corrected chi connectivity index (χ4v) is 4.07. The summed E-state index contributed by atoms with van der Waals surface area (Å²) in [5, 5.41) is 8.02. The number of aromatic nitrogens is 7. The lowest BCUT2D eigenvalue weighted by Crippen LogP contribution is -2.11. The Bertz CT molecular complexity index is 1510. The van der Waals surface area contributed by atoms with Crippen LogP contribution in [0.15, 0.2) is 60.9 Å². The second-order valence-corrected chi connectivity index (χ2v) is 9.26. The van der Waals surface area contributed by atoms with E-state index in [-0.39, 0.29) is 31.6 Å². The molecule has 0 fully saturated rings. The molecule has 0 spiro atoms. The third kappa shape index (κ3) is 5.28. The molecule has 0 amide bonds. The lowest BCUT2D eigenvalue weighted by molar-refractivity contribution is 0.136. The summed E-state index contributed by atoms with van der Waals surface area (Å²) in [7, 11) is -3.91. The highest BCUT2D eigenvalue weighted by Crippen LogP contribution is 2.42. The summed E-state index contributed by atoms with van der Waals surface area (Å²) in [6, 6.07) is 16.4. The van der Waals surface area contributed by atoms with Crippen molar-refractivity contribution in [3.8, 4) is 5.88 Å². The zero-order valence-electron chi connectivity index (χ0n) is 18.3. The molecule has 0 radical (unpaired) electrons. The number of rotatable bonds is 10. The molecule has 0 saturated carbocycles. The van der Waals surface area contributed by atoms with Gasteiger partial charge in [0.1, 0.15) is 17.4 Å². The zero-order valence-corrected chi connectivity index (χ0v) is 19.2. The summed E-state index contributed by atoms with van der Waals surface area (Å²) in [5.41, 5.74) is 8.74. The van der Waals surface area contributed by atoms with E-state index in [0.29, 0.717) is 22.2 Å². The van der Waals surface area contributed by atoms with Crippen molar-refractivity contribution in [3.63, 3.8) is 0 Å². The van der Waals surface area contributed by atoms with Crippen molar-refractivity contribution in [2.75, 3.05) is 18.7 Å². The van der Waals surface area contributed by atoms with Gasteiger partial charge < -0.3 is 29.3 Å². The predicted molar refractivity (Wildman–Crippen MR) is 125 cm³/mol. The Labute approximate surface area is 198 Å². The van der Waals surface area contributed by atoms with Crippen LogP contribution in [-0.2, 0) is 27.0 Å². The van der Waals surface area contributed by atoms with E-state index in [2.05, 4.69) is 25.3 Å². The van der Waals surface area contributed by atoms with Crippen LogP contribution in [0, 0.1) is 0 Å². The maximum Gasteiger partial charge on any atom is 0.353 e. The summed E-state index contributed by atoms with van der Waals surface area (Å²) in [6.45, 7) is 0.417. The van der Waals surface area contributed by atoms with Gasteiger partial charge in [-0.1, -0.05) is 47.3 Å². The second kappa shape index (κ2) is 9.76. The van der Waals surface area contributed by atoms with Gasteiger partial charge in [0.15, 0.2) is 11.2 Å². The largest absolute Gasteiger partial charge is 0.368 e. The number of nitrogens with two attached hydrogens (primary N) is 1. The van der Waals surface area contributed by atoms with E-state index in [9.17, 15) is 9.46 Å². The number of fused-ring (bicyclic) bond motifs is 2. The second-order valence-electron chi connectivity index (χ2n) is 7.47. The standard InChI is InChI=1S/C21H21N8O5P/c22-21-24-19-18(20(25-21)34-29-17-9-5-4-8-16(17)26-27-29)23-13-28(19)10-11-32-14-35(30,31)33-12-15-6-2-1-3-7-15/h1-9,13H,10-12,14H2,(H,30,31)(H2,22,24,25). The predicted octanol–water partition coefficient (Wildman–Crippen LogP) is 2.37. The minimum atomic E-state index is -3.91. The van der Waals surface area contributed by atoms with Gasteiger partial charge in [-0.25, -0.2) is 4.98 Å². The van der Waals surface area contributed by atoms with Gasteiger partial charge in [-0.2, -0.15) is 9.97 Å². The zero-order chi connectivity index (χ0) is 24.3. The number of hydrogen-bond acceptors (Lipinski definition) is 10. The molecule has 1 atom stereocenters. The first kappa shape index (κ1) is 22.9. The van der Waals surface area contributed by atoms with E-state index >= 15 is 0 Å². The molecule has 0 bridgehead atoms. The molecule has 0 aliphatic rings. The Morgan fingerprint density at radius 1 is 1.06 bits per heavy atom. The monoisotopic (exact) mass is 496 g/mol. The molecule has 1 unspecified atom stereocenters. The Morgan fingerprint density at radius 3 is 2.71 bits per heavy atom. The van der Waals surface area contributed by atoms with Crippen molar-refractivity contribution < 1.29 is 23.6 Å². The molecule has 14 heteroatoms. The Kier molecular flexibility index (Phi) is 6.38. The van der Waals surface area contributed by atoms with Crippen LogP contribution in [0.3, 0.4) is 0 Å². The van der Waals surface area contributed by atoms with E-state index in [1.807, 2.05) is 42.5 Å². The normalized spacial score (nSPS) is 13.3. The van der Waals surface area contributed by atoms with Crippen LogP contribution in [0.2, 0.25) is 0 Å². The first-order chi connectivity index (χ1) is 17.0. The molecular formula is C21H21N8O5P. The summed E-state index contributed by atoms with van der Waals surface area (Å²) >= 11 is 0. The van der Waals surface area contributed by atoms with Gasteiger partial charge in [0.25, 0.3) is 5.88 Å². The third-order valence-electron chi connectivity index (χ3n) is 4.95. The minimum Gasteiger partial charge on any atom is -0.368 e. The van der Waals surface area contributed by atoms with Crippen LogP contribution >= 0.6 is 7.60 Å². The molecule has 35 heavy (non-hydrogen) atoms. The quantitative estimate of drug-likeness (QED) is 0.215. The van der Waals surface area contributed by atoms with Crippen molar-refractivity contribution in [1.29, 1.82) is 0 Å². The SMILES string of the molecule is Nc1nc(On2nnc3ccccc32)c2ncn(CCOCP(=O)(O)OCc3ccccc3)c2n1. The summed E-state index contributed by atoms with van der Waals surface area (Å²) in [5.74, 6) is 0.0887. The molecule has 3 heterocycles. The highest BCUT2D eigenvalue weighted by Gasteiger charge is 2.20. The van der Waals surface area contributed by atoms with Crippen LogP contribution in [0.25, 0.3) is 22.2 Å². The maximum atomic E-state index is 12.2. The van der Waals surface area contributed by atoms with Crippen LogP contribution in [-0.4, -0.2) is 52.5 Å². The Hall–Kier alpha value is -3.90. The van der Waals surface area contributed by atoms with Gasteiger partial charge in [-0.15, -0.1) is 5.10 Å². The number of nitrogens with zero attached hydrogens (tertiary/aromatic N) is 7. The molecule has 2 aromatic carbocycles. The summed E-state index contributed by atoms with van der Waals surface area (Å²) < 4.78 is 24.4. The van der Waals surface area contributed by atoms with Gasteiger partial charge in [-0.3, -0.25) is 4.57 Å². The third-order valence-corrected chi connectivity index (χ3v) is 5.99. The Balaban J connectivity index is 1.23. The van der Waals surface area contributed by atoms with Gasteiger partial charge >= 0.3 is 7.60 Å². The average Bonchev–Trinajstić information content (AvgIpc) is 3.46. The maximum absolute atomic E-state index is 12.2. The van der Waals surface area contributed by atoms with Crippen molar-refractivity contribution in [2.24, 2.45) is 0 Å². The number of ether oxygens (including phenoxy) is 1. The lowest BCUT2D eigenvalue weighted by Gasteiger charge is -2.13. The van der Waals surface area contributed by atoms with Crippen LogP contribution in [0.5, 0.6) is 5.88 Å². The summed E-state index contributed by atoms with van der Waals surface area (Å²) in [6.07, 6.45) is 1.08. The lowest BCUT2D eigenvalue weighted by atomic mass is 10.2. The molecule has 5 aromatic rings. The highest BCUT2D eigenvalue weighted by atomic mass is 31.2. The number of imidazole rings is 1. The molecule has 13 nitrogen and oxygen atoms in total. The van der Waals surface area contributed by atoms with Crippen LogP contribution < -0.4 is 10.6 Å². The van der Waals surface area contributed by atoms with Crippen LogP contribution in [0.4, 0.5) is 5.95 Å².